The number of amides is 1. The maximum atomic E-state index is 12.1. The van der Waals surface area contributed by atoms with Crippen molar-refractivity contribution in [1.82, 2.24) is 4.90 Å². The van der Waals surface area contributed by atoms with E-state index in [2.05, 4.69) is 13.8 Å². The summed E-state index contributed by atoms with van der Waals surface area (Å²) in [5, 5.41) is 0. The highest BCUT2D eigenvalue weighted by molar-refractivity contribution is 5.68. The quantitative estimate of drug-likeness (QED) is 0.724. The second kappa shape index (κ2) is 5.08. The van der Waals surface area contributed by atoms with Gasteiger partial charge in [-0.3, -0.25) is 0 Å². The minimum absolute atomic E-state index is 0.0706. The highest BCUT2D eigenvalue weighted by Crippen LogP contribution is 2.26. The summed E-state index contributed by atoms with van der Waals surface area (Å²) < 4.78 is 11.4. The average Bonchev–Trinajstić information content (AvgIpc) is 2.12. The molecule has 1 amide bonds. The molecular formula is C14H27NO3. The molecule has 1 aliphatic rings. The second-order valence-corrected chi connectivity index (χ2v) is 7.02. The van der Waals surface area contributed by atoms with Gasteiger partial charge in [0.1, 0.15) is 5.60 Å². The lowest BCUT2D eigenvalue weighted by atomic mass is 10.00. The van der Waals surface area contributed by atoms with E-state index in [1.54, 1.807) is 4.90 Å². The molecule has 0 N–H and O–H groups in total. The fourth-order valence-electron chi connectivity index (χ4n) is 2.04. The van der Waals surface area contributed by atoms with Gasteiger partial charge in [0, 0.05) is 0 Å². The molecule has 1 saturated heterocycles. The van der Waals surface area contributed by atoms with Crippen molar-refractivity contribution in [2.45, 2.75) is 65.8 Å². The molecule has 1 unspecified atom stereocenters. The molecular weight excluding hydrogens is 230 g/mol. The topological polar surface area (TPSA) is 38.8 Å². The van der Waals surface area contributed by atoms with Gasteiger partial charge >= 0.3 is 6.09 Å². The maximum absolute atomic E-state index is 12.1. The Balaban J connectivity index is 2.73. The molecule has 1 fully saturated rings. The number of hydrogen-bond acceptors (Lipinski definition) is 3. The van der Waals surface area contributed by atoms with E-state index in [0.29, 0.717) is 19.0 Å². The van der Waals surface area contributed by atoms with Gasteiger partial charge in [0.25, 0.3) is 0 Å². The summed E-state index contributed by atoms with van der Waals surface area (Å²) in [4.78, 5) is 13.9. The van der Waals surface area contributed by atoms with Crippen LogP contribution in [-0.4, -0.2) is 41.4 Å². The minimum atomic E-state index is -0.452. The molecule has 1 rings (SSSR count). The molecule has 0 aromatic heterocycles. The molecule has 1 aliphatic heterocycles. The first-order chi connectivity index (χ1) is 8.00. The Kier molecular flexibility index (Phi) is 4.31. The summed E-state index contributed by atoms with van der Waals surface area (Å²) in [6.45, 7) is 15.1. The van der Waals surface area contributed by atoms with Crippen molar-refractivity contribution in [3.8, 4) is 0 Å². The van der Waals surface area contributed by atoms with Crippen molar-refractivity contribution < 1.29 is 14.3 Å². The number of carbonyl (C=O) groups is 1. The normalized spacial score (nSPS) is 24.2. The van der Waals surface area contributed by atoms with Crippen molar-refractivity contribution >= 4 is 6.09 Å². The Hall–Kier alpha value is -0.770. The Bertz CT molecular complexity index is 305. The number of hydrogen-bond donors (Lipinski definition) is 0. The summed E-state index contributed by atoms with van der Waals surface area (Å²) in [6.07, 6.45) is -0.175. The third-order valence-corrected chi connectivity index (χ3v) is 2.84. The van der Waals surface area contributed by atoms with Crippen LogP contribution >= 0.6 is 0 Å². The van der Waals surface area contributed by atoms with Crippen LogP contribution in [0.5, 0.6) is 0 Å². The molecule has 18 heavy (non-hydrogen) atoms. The van der Waals surface area contributed by atoms with Crippen LogP contribution in [0.2, 0.25) is 0 Å². The van der Waals surface area contributed by atoms with Crippen LogP contribution in [-0.2, 0) is 9.47 Å². The molecule has 1 heterocycles. The van der Waals surface area contributed by atoms with Gasteiger partial charge in [0.15, 0.2) is 0 Å². The SMILES string of the molecule is CC(C)C1CN(C(=O)OC(C)(C)C)CC(C)(C)O1. The Morgan fingerprint density at radius 3 is 2.39 bits per heavy atom. The van der Waals surface area contributed by atoms with Gasteiger partial charge in [-0.2, -0.15) is 0 Å². The highest BCUT2D eigenvalue weighted by Gasteiger charge is 2.38. The predicted octanol–water partition coefficient (Wildman–Crippen LogP) is 3.06. The fraction of sp³-hybridized carbons (Fsp3) is 0.929. The third kappa shape index (κ3) is 4.48. The van der Waals surface area contributed by atoms with Gasteiger partial charge in [-0.1, -0.05) is 13.8 Å². The Labute approximate surface area is 111 Å². The number of morpholine rings is 1. The van der Waals surface area contributed by atoms with E-state index in [1.165, 1.54) is 0 Å². The minimum Gasteiger partial charge on any atom is -0.444 e. The van der Waals surface area contributed by atoms with Crippen LogP contribution in [0.3, 0.4) is 0 Å². The molecule has 0 aliphatic carbocycles. The molecule has 0 radical (unpaired) electrons. The van der Waals surface area contributed by atoms with E-state index in [4.69, 9.17) is 9.47 Å². The fourth-order valence-corrected chi connectivity index (χ4v) is 2.04. The molecule has 4 nitrogen and oxygen atoms in total. The summed E-state index contributed by atoms with van der Waals surface area (Å²) in [6, 6.07) is 0. The molecule has 1 atom stereocenters. The predicted molar refractivity (Wildman–Crippen MR) is 71.6 cm³/mol. The van der Waals surface area contributed by atoms with Crippen LogP contribution in [0.15, 0.2) is 0 Å². The monoisotopic (exact) mass is 257 g/mol. The Morgan fingerprint density at radius 2 is 1.94 bits per heavy atom. The molecule has 0 bridgehead atoms. The van der Waals surface area contributed by atoms with Gasteiger partial charge in [-0.25, -0.2) is 4.79 Å². The molecule has 0 aromatic carbocycles. The average molecular weight is 257 g/mol. The molecule has 0 aromatic rings. The van der Waals surface area contributed by atoms with E-state index in [0.717, 1.165) is 0 Å². The van der Waals surface area contributed by atoms with Crippen molar-refractivity contribution in [1.29, 1.82) is 0 Å². The number of carbonyl (C=O) groups excluding carboxylic acids is 1. The van der Waals surface area contributed by atoms with Gasteiger partial charge in [0.2, 0.25) is 0 Å². The van der Waals surface area contributed by atoms with E-state index in [-0.39, 0.29) is 17.8 Å². The molecule has 0 spiro atoms. The first-order valence-electron chi connectivity index (χ1n) is 6.66. The number of ether oxygens (including phenoxy) is 2. The zero-order valence-corrected chi connectivity index (χ0v) is 12.7. The summed E-state index contributed by atoms with van der Waals surface area (Å²) >= 11 is 0. The van der Waals surface area contributed by atoms with E-state index in [9.17, 15) is 4.79 Å². The summed E-state index contributed by atoms with van der Waals surface area (Å²) in [7, 11) is 0. The molecule has 0 saturated carbocycles. The highest BCUT2D eigenvalue weighted by atomic mass is 16.6. The lowest BCUT2D eigenvalue weighted by molar-refractivity contribution is -0.147. The van der Waals surface area contributed by atoms with Gasteiger partial charge in [-0.05, 0) is 40.5 Å². The van der Waals surface area contributed by atoms with Crippen LogP contribution in [0.25, 0.3) is 0 Å². The maximum Gasteiger partial charge on any atom is 0.410 e. The van der Waals surface area contributed by atoms with Crippen LogP contribution < -0.4 is 0 Å². The molecule has 4 heteroatoms. The van der Waals surface area contributed by atoms with Crippen molar-refractivity contribution in [3.05, 3.63) is 0 Å². The first kappa shape index (κ1) is 15.3. The summed E-state index contributed by atoms with van der Waals surface area (Å²) in [5.74, 6) is 0.384. The van der Waals surface area contributed by atoms with Gasteiger partial charge < -0.3 is 14.4 Å². The second-order valence-electron chi connectivity index (χ2n) is 7.02. The van der Waals surface area contributed by atoms with Crippen LogP contribution in [0.4, 0.5) is 4.79 Å². The largest absolute Gasteiger partial charge is 0.444 e. The first-order valence-corrected chi connectivity index (χ1v) is 6.66. The van der Waals surface area contributed by atoms with Crippen molar-refractivity contribution in [2.75, 3.05) is 13.1 Å². The zero-order valence-electron chi connectivity index (χ0n) is 12.7. The lowest BCUT2D eigenvalue weighted by Gasteiger charge is -2.44. The van der Waals surface area contributed by atoms with Gasteiger partial charge in [-0.15, -0.1) is 0 Å². The van der Waals surface area contributed by atoms with Crippen LogP contribution in [0.1, 0.15) is 48.5 Å². The van der Waals surface area contributed by atoms with Gasteiger partial charge in [0.05, 0.1) is 24.8 Å². The van der Waals surface area contributed by atoms with Crippen LogP contribution in [0, 0.1) is 5.92 Å². The van der Waals surface area contributed by atoms with E-state index >= 15 is 0 Å². The smallest absolute Gasteiger partial charge is 0.410 e. The lowest BCUT2D eigenvalue weighted by Crippen LogP contribution is -2.56. The van der Waals surface area contributed by atoms with E-state index < -0.39 is 5.60 Å². The standard InChI is InChI=1S/C14H27NO3/c1-10(2)11-8-15(9-14(6,7)17-11)12(16)18-13(3,4)5/h10-11H,8-9H2,1-7H3. The number of nitrogens with zero attached hydrogens (tertiary/aromatic N) is 1. The van der Waals surface area contributed by atoms with E-state index in [1.807, 2.05) is 34.6 Å². The Morgan fingerprint density at radius 1 is 1.39 bits per heavy atom. The zero-order chi connectivity index (χ0) is 14.1. The van der Waals surface area contributed by atoms with Crippen molar-refractivity contribution in [3.63, 3.8) is 0 Å². The molecule has 106 valence electrons. The summed E-state index contributed by atoms with van der Waals surface area (Å²) in [5.41, 5.74) is -0.767. The third-order valence-electron chi connectivity index (χ3n) is 2.84. The van der Waals surface area contributed by atoms with Crippen molar-refractivity contribution in [2.24, 2.45) is 5.92 Å². The number of rotatable bonds is 1.